The van der Waals surface area contributed by atoms with Gasteiger partial charge in [-0.3, -0.25) is 0 Å². The maximum atomic E-state index is 6.01. The third-order valence-electron chi connectivity index (χ3n) is 13.6. The van der Waals surface area contributed by atoms with E-state index >= 15 is 0 Å². The van der Waals surface area contributed by atoms with Crippen LogP contribution >= 0.6 is 11.8 Å². The zero-order valence-electron chi connectivity index (χ0n) is 32.5. The van der Waals surface area contributed by atoms with Gasteiger partial charge in [-0.1, -0.05) is 188 Å². The Kier molecular flexibility index (Phi) is 7.87. The van der Waals surface area contributed by atoms with Crippen LogP contribution < -0.4 is 5.73 Å². The van der Waals surface area contributed by atoms with E-state index in [1.165, 1.54) is 87.7 Å². The molecule has 5 atom stereocenters. The van der Waals surface area contributed by atoms with Crippen LogP contribution in [0.25, 0.3) is 39.0 Å². The Labute approximate surface area is 350 Å². The monoisotopic (exact) mass is 771 g/mol. The Morgan fingerprint density at radius 3 is 1.86 bits per heavy atom. The van der Waals surface area contributed by atoms with E-state index in [1.807, 2.05) is 23.9 Å². The van der Waals surface area contributed by atoms with Crippen molar-refractivity contribution in [2.24, 2.45) is 17.8 Å². The summed E-state index contributed by atoms with van der Waals surface area (Å²) in [5.41, 5.74) is 24.8. The first-order valence-corrected chi connectivity index (χ1v) is 21.6. The lowest BCUT2D eigenvalue weighted by Crippen LogP contribution is -2.34. The number of anilines is 1. The molecule has 7 aromatic carbocycles. The maximum absolute atomic E-state index is 6.01. The van der Waals surface area contributed by atoms with Crippen molar-refractivity contribution in [3.05, 3.63) is 251 Å². The second-order valence-electron chi connectivity index (χ2n) is 16.5. The van der Waals surface area contributed by atoms with Gasteiger partial charge in [0.15, 0.2) is 0 Å². The van der Waals surface area contributed by atoms with Crippen molar-refractivity contribution >= 4 is 23.0 Å². The number of benzene rings is 7. The highest BCUT2D eigenvalue weighted by Gasteiger charge is 2.51. The van der Waals surface area contributed by atoms with E-state index in [2.05, 4.69) is 200 Å². The lowest BCUT2D eigenvalue weighted by molar-refractivity contribution is 0.378. The summed E-state index contributed by atoms with van der Waals surface area (Å²) in [5.74, 6) is 1.26. The third kappa shape index (κ3) is 5.19. The van der Waals surface area contributed by atoms with Crippen molar-refractivity contribution in [1.29, 1.82) is 0 Å². The number of hydrogen-bond donors (Lipinski definition) is 1. The summed E-state index contributed by atoms with van der Waals surface area (Å²) < 4.78 is 0. The lowest BCUT2D eigenvalue weighted by Gasteiger charge is -2.45. The second kappa shape index (κ2) is 13.5. The van der Waals surface area contributed by atoms with Gasteiger partial charge in [0.1, 0.15) is 0 Å². The normalized spacial score (nSPS) is 22.6. The number of allylic oxidation sites excluding steroid dienone is 10. The highest BCUT2D eigenvalue weighted by atomic mass is 32.2. The van der Waals surface area contributed by atoms with Gasteiger partial charge in [0, 0.05) is 33.2 Å². The van der Waals surface area contributed by atoms with Gasteiger partial charge in [-0.15, -0.1) is 0 Å². The van der Waals surface area contributed by atoms with E-state index < -0.39 is 5.41 Å². The second-order valence-corrected chi connectivity index (χ2v) is 17.6. The molecule has 0 fully saturated rings. The number of fused-ring (bicyclic) bond motifs is 11. The predicted molar refractivity (Wildman–Crippen MR) is 246 cm³/mol. The van der Waals surface area contributed by atoms with Crippen LogP contribution in [0.1, 0.15) is 39.3 Å². The van der Waals surface area contributed by atoms with Gasteiger partial charge < -0.3 is 5.73 Å². The van der Waals surface area contributed by atoms with E-state index in [0.717, 1.165) is 5.69 Å². The van der Waals surface area contributed by atoms with Crippen LogP contribution in [-0.2, 0) is 5.41 Å². The topological polar surface area (TPSA) is 26.0 Å². The molecule has 1 heterocycles. The first-order valence-electron chi connectivity index (χ1n) is 20.8. The molecule has 5 aliphatic rings. The summed E-state index contributed by atoms with van der Waals surface area (Å²) in [4.78, 5) is 2.64. The van der Waals surface area contributed by atoms with E-state index in [4.69, 9.17) is 5.73 Å². The first kappa shape index (κ1) is 34.4. The van der Waals surface area contributed by atoms with E-state index in [-0.39, 0.29) is 11.8 Å². The Hall–Kier alpha value is -6.61. The van der Waals surface area contributed by atoms with Gasteiger partial charge in [0.2, 0.25) is 0 Å². The predicted octanol–water partition coefficient (Wildman–Crippen LogP) is 14.1. The van der Waals surface area contributed by atoms with Crippen molar-refractivity contribution in [1.82, 2.24) is 0 Å². The lowest BCUT2D eigenvalue weighted by atomic mass is 9.58. The fourth-order valence-corrected chi connectivity index (χ4v) is 12.2. The van der Waals surface area contributed by atoms with E-state index in [1.54, 1.807) is 0 Å². The summed E-state index contributed by atoms with van der Waals surface area (Å²) >= 11 is 1.92. The number of hydrogen-bond acceptors (Lipinski definition) is 2. The van der Waals surface area contributed by atoms with Gasteiger partial charge in [0.05, 0.1) is 5.41 Å². The molecule has 4 aliphatic carbocycles. The Morgan fingerprint density at radius 2 is 1.03 bits per heavy atom. The van der Waals surface area contributed by atoms with Gasteiger partial charge >= 0.3 is 0 Å². The highest BCUT2D eigenvalue weighted by molar-refractivity contribution is 7.99. The Bertz CT molecular complexity index is 2980. The molecule has 2 N–H and O–H groups in total. The molecule has 1 aliphatic heterocycles. The molecular weight excluding hydrogens is 731 g/mol. The minimum Gasteiger partial charge on any atom is -0.399 e. The summed E-state index contributed by atoms with van der Waals surface area (Å²) in [7, 11) is 0. The molecule has 0 saturated heterocycles. The van der Waals surface area contributed by atoms with E-state index in [9.17, 15) is 0 Å². The van der Waals surface area contributed by atoms with Crippen LogP contribution in [-0.4, -0.2) is 0 Å². The zero-order chi connectivity index (χ0) is 39.1. The van der Waals surface area contributed by atoms with Gasteiger partial charge in [-0.05, 0) is 120 Å². The molecule has 0 radical (unpaired) electrons. The molecule has 2 heteroatoms. The summed E-state index contributed by atoms with van der Waals surface area (Å²) in [5, 5.41) is 0. The maximum Gasteiger partial charge on any atom is 0.0735 e. The molecule has 59 heavy (non-hydrogen) atoms. The zero-order valence-corrected chi connectivity index (χ0v) is 33.3. The minimum atomic E-state index is -0.491. The first-order chi connectivity index (χ1) is 29.2. The molecule has 0 saturated carbocycles. The van der Waals surface area contributed by atoms with Gasteiger partial charge in [0.25, 0.3) is 0 Å². The van der Waals surface area contributed by atoms with E-state index in [0.29, 0.717) is 11.8 Å². The van der Waals surface area contributed by atoms with Crippen LogP contribution in [0.2, 0.25) is 0 Å². The third-order valence-corrected chi connectivity index (χ3v) is 14.7. The Morgan fingerprint density at radius 1 is 0.441 bits per heavy atom. The largest absolute Gasteiger partial charge is 0.399 e. The molecule has 1 nitrogen and oxygen atoms in total. The standard InChI is InChI=1S/C57H41NS/c58-42-30-26-37(27-31-42)36-22-24-38(25-23-36)40-28-32-44-43-14-8-9-19-49(43)57(51(44)34-40)50-20-10-11-21-53(50)59-54-33-29-41(35-52(54)57)56-47-17-6-4-15-45(47)55(39-12-2-1-3-13-39)46-16-5-7-18-48(46)56/h1-35,45-47,55H,58H2. The molecule has 1 spiro atoms. The molecule has 0 amide bonds. The number of rotatable bonds is 4. The molecule has 5 unspecified atom stereocenters. The number of nitrogen functional groups attached to an aromatic ring is 1. The smallest absolute Gasteiger partial charge is 0.0735 e. The molecule has 12 rings (SSSR count). The average Bonchev–Trinajstić information content (AvgIpc) is 3.58. The molecule has 0 aromatic heterocycles. The van der Waals surface area contributed by atoms with Gasteiger partial charge in [-0.2, -0.15) is 0 Å². The van der Waals surface area contributed by atoms with Crippen molar-refractivity contribution in [2.75, 3.05) is 5.73 Å². The van der Waals surface area contributed by atoms with Crippen LogP contribution in [0.3, 0.4) is 0 Å². The summed E-state index contributed by atoms with van der Waals surface area (Å²) in [6.07, 6.45) is 18.8. The summed E-state index contributed by atoms with van der Waals surface area (Å²) in [6, 6.07) is 61.3. The van der Waals surface area contributed by atoms with Gasteiger partial charge in [-0.25, -0.2) is 0 Å². The fraction of sp³-hybridized carbons (Fsp3) is 0.0877. The highest BCUT2D eigenvalue weighted by Crippen LogP contribution is 2.63. The van der Waals surface area contributed by atoms with Crippen LogP contribution in [0, 0.1) is 17.8 Å². The Balaban J connectivity index is 1.07. The SMILES string of the molecule is Nc1ccc(-c2ccc(-c3ccc4c(c3)C3(c5ccccc5Sc5ccc(C6=C7C=CC=CC7C(c7ccccc7)C7C=CC=CC67)cc53)c3ccccc3-4)cc2)cc1. The molecule has 0 bridgehead atoms. The summed E-state index contributed by atoms with van der Waals surface area (Å²) in [6.45, 7) is 0. The van der Waals surface area contributed by atoms with Crippen LogP contribution in [0.15, 0.2) is 228 Å². The molecular formula is C57H41NS. The van der Waals surface area contributed by atoms with Crippen LogP contribution in [0.4, 0.5) is 5.69 Å². The molecule has 280 valence electrons. The van der Waals surface area contributed by atoms with Crippen molar-refractivity contribution in [3.8, 4) is 33.4 Å². The van der Waals surface area contributed by atoms with Crippen molar-refractivity contribution in [3.63, 3.8) is 0 Å². The molecule has 7 aromatic rings. The fourth-order valence-electron chi connectivity index (χ4n) is 11.1. The minimum absolute atomic E-state index is 0.260. The quantitative estimate of drug-likeness (QED) is 0.180. The van der Waals surface area contributed by atoms with Crippen molar-refractivity contribution < 1.29 is 0 Å². The average molecular weight is 772 g/mol. The number of nitrogens with two attached hydrogens (primary N) is 1. The van der Waals surface area contributed by atoms with Crippen molar-refractivity contribution in [2.45, 2.75) is 21.1 Å². The van der Waals surface area contributed by atoms with Crippen LogP contribution in [0.5, 0.6) is 0 Å².